The lowest BCUT2D eigenvalue weighted by Gasteiger charge is -2.09. The third-order valence-corrected chi connectivity index (χ3v) is 2.82. The summed E-state index contributed by atoms with van der Waals surface area (Å²) in [6.45, 7) is 2.43. The molecule has 0 aromatic heterocycles. The van der Waals surface area contributed by atoms with Crippen molar-refractivity contribution in [1.29, 1.82) is 0 Å². The van der Waals surface area contributed by atoms with Crippen LogP contribution in [0.15, 0.2) is 18.2 Å². The molecule has 0 atom stereocenters. The molecule has 0 unspecified atom stereocenters. The molecule has 0 aliphatic carbocycles. The standard InChI is InChI=1S/C14H23NO3/c1-17-10-5-3-4-9-15-11-12-7-6-8-13(18-2)14(12)16/h6-8,15-16H,3-5,9-11H2,1-2H3. The normalized spacial score (nSPS) is 10.6. The van der Waals surface area contributed by atoms with Gasteiger partial charge in [-0.25, -0.2) is 0 Å². The molecular formula is C14H23NO3. The number of ether oxygens (including phenoxy) is 2. The van der Waals surface area contributed by atoms with Gasteiger partial charge in [0.1, 0.15) is 0 Å². The highest BCUT2D eigenvalue weighted by Gasteiger charge is 2.05. The number of methoxy groups -OCH3 is 2. The van der Waals surface area contributed by atoms with Crippen LogP contribution in [0.4, 0.5) is 0 Å². The SMILES string of the molecule is COCCCCCNCc1cccc(OC)c1O. The van der Waals surface area contributed by atoms with E-state index in [0.29, 0.717) is 12.3 Å². The number of aromatic hydroxyl groups is 1. The van der Waals surface area contributed by atoms with Gasteiger partial charge in [0.15, 0.2) is 11.5 Å². The second-order valence-electron chi connectivity index (χ2n) is 4.20. The molecule has 1 rings (SSSR count). The number of rotatable bonds is 9. The molecular weight excluding hydrogens is 230 g/mol. The second-order valence-corrected chi connectivity index (χ2v) is 4.20. The van der Waals surface area contributed by atoms with E-state index >= 15 is 0 Å². The molecule has 102 valence electrons. The number of phenols is 1. The van der Waals surface area contributed by atoms with Crippen LogP contribution < -0.4 is 10.1 Å². The van der Waals surface area contributed by atoms with Crippen molar-refractivity contribution >= 4 is 0 Å². The monoisotopic (exact) mass is 253 g/mol. The predicted molar refractivity (Wildman–Crippen MR) is 72.1 cm³/mol. The van der Waals surface area contributed by atoms with Crippen LogP contribution in [0.3, 0.4) is 0 Å². The van der Waals surface area contributed by atoms with Crippen LogP contribution in [0.5, 0.6) is 11.5 Å². The van der Waals surface area contributed by atoms with Crippen molar-refractivity contribution in [2.75, 3.05) is 27.4 Å². The Kier molecular flexibility index (Phi) is 7.22. The summed E-state index contributed by atoms with van der Waals surface area (Å²) in [5.74, 6) is 0.751. The van der Waals surface area contributed by atoms with Gasteiger partial charge < -0.3 is 19.9 Å². The molecule has 0 amide bonds. The van der Waals surface area contributed by atoms with Crippen LogP contribution in [0.25, 0.3) is 0 Å². The number of unbranched alkanes of at least 4 members (excludes halogenated alkanes) is 2. The Hall–Kier alpha value is -1.26. The summed E-state index contributed by atoms with van der Waals surface area (Å²) >= 11 is 0. The fourth-order valence-corrected chi connectivity index (χ4v) is 1.77. The Morgan fingerprint density at radius 1 is 1.17 bits per heavy atom. The van der Waals surface area contributed by atoms with Gasteiger partial charge in [0.25, 0.3) is 0 Å². The number of para-hydroxylation sites is 1. The quantitative estimate of drug-likeness (QED) is 0.663. The van der Waals surface area contributed by atoms with Gasteiger partial charge in [-0.3, -0.25) is 0 Å². The number of hydrogen-bond donors (Lipinski definition) is 2. The van der Waals surface area contributed by atoms with E-state index < -0.39 is 0 Å². The molecule has 1 aromatic carbocycles. The molecule has 0 aliphatic rings. The van der Waals surface area contributed by atoms with Gasteiger partial charge in [-0.15, -0.1) is 0 Å². The van der Waals surface area contributed by atoms with E-state index in [1.54, 1.807) is 20.3 Å². The maximum absolute atomic E-state index is 9.88. The Labute approximate surface area is 109 Å². The molecule has 0 bridgehead atoms. The van der Waals surface area contributed by atoms with Crippen molar-refractivity contribution in [2.24, 2.45) is 0 Å². The van der Waals surface area contributed by atoms with Crippen LogP contribution in [0, 0.1) is 0 Å². The first-order valence-corrected chi connectivity index (χ1v) is 6.34. The molecule has 4 heteroatoms. The van der Waals surface area contributed by atoms with E-state index in [4.69, 9.17) is 9.47 Å². The molecule has 4 nitrogen and oxygen atoms in total. The van der Waals surface area contributed by atoms with Crippen molar-refractivity contribution < 1.29 is 14.6 Å². The first-order chi connectivity index (χ1) is 8.79. The van der Waals surface area contributed by atoms with Gasteiger partial charge in [0.2, 0.25) is 0 Å². The minimum Gasteiger partial charge on any atom is -0.504 e. The molecule has 0 saturated heterocycles. The van der Waals surface area contributed by atoms with E-state index in [9.17, 15) is 5.11 Å². The first kappa shape index (κ1) is 14.8. The van der Waals surface area contributed by atoms with E-state index in [-0.39, 0.29) is 5.75 Å². The van der Waals surface area contributed by atoms with Gasteiger partial charge in [0.05, 0.1) is 7.11 Å². The zero-order valence-electron chi connectivity index (χ0n) is 11.2. The zero-order valence-corrected chi connectivity index (χ0v) is 11.2. The Balaban J connectivity index is 2.23. The lowest BCUT2D eigenvalue weighted by molar-refractivity contribution is 0.192. The van der Waals surface area contributed by atoms with E-state index in [0.717, 1.165) is 38.0 Å². The molecule has 2 N–H and O–H groups in total. The van der Waals surface area contributed by atoms with Gasteiger partial charge in [0, 0.05) is 25.8 Å². The Morgan fingerprint density at radius 3 is 2.72 bits per heavy atom. The fourth-order valence-electron chi connectivity index (χ4n) is 1.77. The topological polar surface area (TPSA) is 50.7 Å². The highest BCUT2D eigenvalue weighted by atomic mass is 16.5. The van der Waals surface area contributed by atoms with Gasteiger partial charge in [-0.1, -0.05) is 12.1 Å². The summed E-state index contributed by atoms with van der Waals surface area (Å²) in [7, 11) is 3.28. The van der Waals surface area contributed by atoms with E-state index in [1.165, 1.54) is 0 Å². The van der Waals surface area contributed by atoms with Crippen LogP contribution in [-0.2, 0) is 11.3 Å². The van der Waals surface area contributed by atoms with E-state index in [2.05, 4.69) is 5.32 Å². The third kappa shape index (κ3) is 4.94. The van der Waals surface area contributed by atoms with Gasteiger partial charge >= 0.3 is 0 Å². The molecule has 0 heterocycles. The van der Waals surface area contributed by atoms with Crippen LogP contribution in [0.1, 0.15) is 24.8 Å². The second kappa shape index (κ2) is 8.78. The summed E-state index contributed by atoms with van der Waals surface area (Å²) < 4.78 is 10.1. The largest absolute Gasteiger partial charge is 0.504 e. The average molecular weight is 253 g/mol. The van der Waals surface area contributed by atoms with Crippen molar-refractivity contribution in [3.05, 3.63) is 23.8 Å². The molecule has 0 fully saturated rings. The van der Waals surface area contributed by atoms with Crippen molar-refractivity contribution in [1.82, 2.24) is 5.32 Å². The van der Waals surface area contributed by atoms with Crippen LogP contribution in [-0.4, -0.2) is 32.5 Å². The lowest BCUT2D eigenvalue weighted by Crippen LogP contribution is -2.15. The maximum atomic E-state index is 9.88. The number of hydrogen-bond acceptors (Lipinski definition) is 4. The van der Waals surface area contributed by atoms with Gasteiger partial charge in [-0.2, -0.15) is 0 Å². The summed E-state index contributed by atoms with van der Waals surface area (Å²) in [4.78, 5) is 0. The fraction of sp³-hybridized carbons (Fsp3) is 0.571. The highest BCUT2D eigenvalue weighted by Crippen LogP contribution is 2.28. The molecule has 0 aliphatic heterocycles. The smallest absolute Gasteiger partial charge is 0.162 e. The summed E-state index contributed by atoms with van der Waals surface area (Å²) in [6, 6.07) is 5.54. The first-order valence-electron chi connectivity index (χ1n) is 6.34. The lowest BCUT2D eigenvalue weighted by atomic mass is 10.2. The summed E-state index contributed by atoms with van der Waals surface area (Å²) in [5, 5.41) is 13.2. The molecule has 18 heavy (non-hydrogen) atoms. The maximum Gasteiger partial charge on any atom is 0.162 e. The number of nitrogens with one attached hydrogen (secondary N) is 1. The summed E-state index contributed by atoms with van der Waals surface area (Å²) in [5.41, 5.74) is 0.867. The van der Waals surface area contributed by atoms with Crippen LogP contribution >= 0.6 is 0 Å². The number of benzene rings is 1. The molecule has 0 spiro atoms. The Bertz CT molecular complexity index is 342. The number of phenolic OH excluding ortho intramolecular Hbond substituents is 1. The molecule has 1 aromatic rings. The van der Waals surface area contributed by atoms with Gasteiger partial charge in [-0.05, 0) is 31.9 Å². The molecule has 0 saturated carbocycles. The van der Waals surface area contributed by atoms with Crippen molar-refractivity contribution in [3.63, 3.8) is 0 Å². The highest BCUT2D eigenvalue weighted by molar-refractivity contribution is 5.45. The minimum atomic E-state index is 0.229. The van der Waals surface area contributed by atoms with Crippen molar-refractivity contribution in [2.45, 2.75) is 25.8 Å². The predicted octanol–water partition coefficient (Wildman–Crippen LogP) is 2.31. The molecule has 0 radical (unpaired) electrons. The zero-order chi connectivity index (χ0) is 13.2. The third-order valence-electron chi connectivity index (χ3n) is 2.82. The van der Waals surface area contributed by atoms with Crippen LogP contribution in [0.2, 0.25) is 0 Å². The van der Waals surface area contributed by atoms with Crippen molar-refractivity contribution in [3.8, 4) is 11.5 Å². The van der Waals surface area contributed by atoms with E-state index in [1.807, 2.05) is 12.1 Å². The summed E-state index contributed by atoms with van der Waals surface area (Å²) in [6.07, 6.45) is 3.38. The Morgan fingerprint density at radius 2 is 2.00 bits per heavy atom. The average Bonchev–Trinajstić information content (AvgIpc) is 2.39. The minimum absolute atomic E-state index is 0.229.